The third-order valence-electron chi connectivity index (χ3n) is 2.77. The molecule has 0 spiro atoms. The second-order valence-electron chi connectivity index (χ2n) is 4.06. The van der Waals surface area contributed by atoms with Crippen LogP contribution >= 0.6 is 11.6 Å². The summed E-state index contributed by atoms with van der Waals surface area (Å²) in [6, 6.07) is 11.8. The summed E-state index contributed by atoms with van der Waals surface area (Å²) in [5, 5.41) is 12.9. The third kappa shape index (κ3) is 2.37. The zero-order valence-corrected chi connectivity index (χ0v) is 10.0. The monoisotopic (exact) mass is 234 g/mol. The second-order valence-corrected chi connectivity index (χ2v) is 4.49. The molecule has 0 fully saturated rings. The van der Waals surface area contributed by atoms with Gasteiger partial charge >= 0.3 is 0 Å². The topological polar surface area (TPSA) is 20.2 Å². The van der Waals surface area contributed by atoms with Crippen molar-refractivity contribution < 1.29 is 5.11 Å². The van der Waals surface area contributed by atoms with Gasteiger partial charge in [-0.15, -0.1) is 0 Å². The van der Waals surface area contributed by atoms with Crippen LogP contribution < -0.4 is 0 Å². The Labute approximate surface area is 101 Å². The van der Waals surface area contributed by atoms with Crippen molar-refractivity contribution in [3.8, 4) is 0 Å². The Hall–Kier alpha value is -1.05. The maximum atomic E-state index is 9.91. The molecule has 0 aliphatic carbocycles. The fourth-order valence-corrected chi connectivity index (χ4v) is 2.06. The predicted molar refractivity (Wildman–Crippen MR) is 68.8 cm³/mol. The molecule has 1 unspecified atom stereocenters. The van der Waals surface area contributed by atoms with E-state index in [1.54, 1.807) is 0 Å². The van der Waals surface area contributed by atoms with Gasteiger partial charge in [0, 0.05) is 5.02 Å². The number of halogens is 1. The van der Waals surface area contributed by atoms with E-state index in [1.807, 2.05) is 36.4 Å². The number of benzene rings is 2. The summed E-state index contributed by atoms with van der Waals surface area (Å²) in [5.41, 5.74) is 0.983. The predicted octanol–water partition coefficient (Wildman–Crippen LogP) is 4.33. The number of fused-ring (bicyclic) bond motifs is 1. The van der Waals surface area contributed by atoms with Crippen LogP contribution in [0.5, 0.6) is 0 Å². The first-order valence-corrected chi connectivity index (χ1v) is 5.96. The third-order valence-corrected chi connectivity index (χ3v) is 3.01. The zero-order valence-electron chi connectivity index (χ0n) is 9.28. The van der Waals surface area contributed by atoms with E-state index in [2.05, 4.69) is 6.92 Å². The largest absolute Gasteiger partial charge is 0.388 e. The number of aliphatic hydroxyl groups excluding tert-OH is 1. The molecule has 0 bridgehead atoms. The first-order valence-electron chi connectivity index (χ1n) is 5.58. The lowest BCUT2D eigenvalue weighted by atomic mass is 10.0. The fraction of sp³-hybridized carbons (Fsp3) is 0.286. The summed E-state index contributed by atoms with van der Waals surface area (Å²) >= 11 is 5.92. The quantitative estimate of drug-likeness (QED) is 0.838. The molecule has 84 valence electrons. The van der Waals surface area contributed by atoms with Gasteiger partial charge in [0.25, 0.3) is 0 Å². The highest BCUT2D eigenvalue weighted by molar-refractivity contribution is 6.31. The molecule has 0 aromatic heterocycles. The van der Waals surface area contributed by atoms with E-state index in [9.17, 15) is 5.11 Å². The molecule has 0 heterocycles. The van der Waals surface area contributed by atoms with E-state index >= 15 is 0 Å². The van der Waals surface area contributed by atoms with Crippen molar-refractivity contribution in [2.75, 3.05) is 0 Å². The Kier molecular flexibility index (Phi) is 3.47. The van der Waals surface area contributed by atoms with Crippen molar-refractivity contribution >= 4 is 22.4 Å². The average molecular weight is 235 g/mol. The van der Waals surface area contributed by atoms with Crippen LogP contribution in [0, 0.1) is 0 Å². The molecule has 0 saturated heterocycles. The lowest BCUT2D eigenvalue weighted by Gasteiger charge is -2.10. The molecule has 2 aromatic rings. The minimum Gasteiger partial charge on any atom is -0.388 e. The highest BCUT2D eigenvalue weighted by Gasteiger charge is 2.06. The van der Waals surface area contributed by atoms with Gasteiger partial charge in [0.05, 0.1) is 6.10 Å². The number of rotatable bonds is 3. The SMILES string of the molecule is CCCC(O)c1ccc2cc(Cl)ccc2c1. The van der Waals surface area contributed by atoms with Crippen LogP contribution in [0.15, 0.2) is 36.4 Å². The van der Waals surface area contributed by atoms with Crippen molar-refractivity contribution in [1.29, 1.82) is 0 Å². The molecule has 2 heteroatoms. The number of hydrogen-bond acceptors (Lipinski definition) is 1. The van der Waals surface area contributed by atoms with Crippen LogP contribution in [0.25, 0.3) is 10.8 Å². The van der Waals surface area contributed by atoms with Gasteiger partial charge in [0.2, 0.25) is 0 Å². The summed E-state index contributed by atoms with van der Waals surface area (Å²) < 4.78 is 0. The molecular formula is C14H15ClO. The molecule has 1 N–H and O–H groups in total. The lowest BCUT2D eigenvalue weighted by Crippen LogP contribution is -1.96. The van der Waals surface area contributed by atoms with E-state index in [0.29, 0.717) is 0 Å². The van der Waals surface area contributed by atoms with Gasteiger partial charge in [-0.25, -0.2) is 0 Å². The summed E-state index contributed by atoms with van der Waals surface area (Å²) in [6.45, 7) is 2.07. The van der Waals surface area contributed by atoms with Gasteiger partial charge in [-0.1, -0.05) is 43.1 Å². The summed E-state index contributed by atoms with van der Waals surface area (Å²) in [5.74, 6) is 0. The maximum absolute atomic E-state index is 9.91. The van der Waals surface area contributed by atoms with Crippen LogP contribution in [-0.2, 0) is 0 Å². The van der Waals surface area contributed by atoms with Crippen LogP contribution in [0.2, 0.25) is 5.02 Å². The van der Waals surface area contributed by atoms with Gasteiger partial charge in [0.15, 0.2) is 0 Å². The van der Waals surface area contributed by atoms with Crippen molar-refractivity contribution in [2.45, 2.75) is 25.9 Å². The van der Waals surface area contributed by atoms with E-state index in [4.69, 9.17) is 11.6 Å². The number of hydrogen-bond donors (Lipinski definition) is 1. The minimum atomic E-state index is -0.356. The van der Waals surface area contributed by atoms with Crippen LogP contribution in [-0.4, -0.2) is 5.11 Å². The van der Waals surface area contributed by atoms with Crippen LogP contribution in [0.1, 0.15) is 31.4 Å². The van der Waals surface area contributed by atoms with Gasteiger partial charge < -0.3 is 5.11 Å². The fourth-order valence-electron chi connectivity index (χ4n) is 1.88. The molecule has 0 aliphatic rings. The van der Waals surface area contributed by atoms with Crippen molar-refractivity contribution in [3.05, 3.63) is 47.0 Å². The highest BCUT2D eigenvalue weighted by Crippen LogP contribution is 2.25. The molecule has 1 atom stereocenters. The smallest absolute Gasteiger partial charge is 0.0790 e. The molecule has 0 saturated carbocycles. The van der Waals surface area contributed by atoms with Crippen LogP contribution in [0.3, 0.4) is 0 Å². The second kappa shape index (κ2) is 4.86. The van der Waals surface area contributed by atoms with E-state index < -0.39 is 0 Å². The molecule has 2 rings (SSSR count). The van der Waals surface area contributed by atoms with E-state index in [-0.39, 0.29) is 6.10 Å². The van der Waals surface area contributed by atoms with Gasteiger partial charge in [-0.05, 0) is 41.0 Å². The van der Waals surface area contributed by atoms with Gasteiger partial charge in [0.1, 0.15) is 0 Å². The standard InChI is InChI=1S/C14H15ClO/c1-2-3-14(16)12-5-4-11-9-13(15)7-6-10(11)8-12/h4-9,14,16H,2-3H2,1H3. The molecule has 0 amide bonds. The first-order chi connectivity index (χ1) is 7.70. The minimum absolute atomic E-state index is 0.356. The van der Waals surface area contributed by atoms with E-state index in [1.165, 1.54) is 0 Å². The van der Waals surface area contributed by atoms with E-state index in [0.717, 1.165) is 34.2 Å². The Morgan fingerprint density at radius 2 is 1.81 bits per heavy atom. The lowest BCUT2D eigenvalue weighted by molar-refractivity contribution is 0.166. The molecule has 16 heavy (non-hydrogen) atoms. The van der Waals surface area contributed by atoms with Crippen molar-refractivity contribution in [1.82, 2.24) is 0 Å². The summed E-state index contributed by atoms with van der Waals surface area (Å²) in [7, 11) is 0. The van der Waals surface area contributed by atoms with Crippen molar-refractivity contribution in [2.24, 2.45) is 0 Å². The zero-order chi connectivity index (χ0) is 11.5. The Morgan fingerprint density at radius 3 is 2.56 bits per heavy atom. The summed E-state index contributed by atoms with van der Waals surface area (Å²) in [4.78, 5) is 0. The van der Waals surface area contributed by atoms with Crippen LogP contribution in [0.4, 0.5) is 0 Å². The first kappa shape index (κ1) is 11.4. The Balaban J connectivity index is 2.40. The molecule has 1 nitrogen and oxygen atoms in total. The molecule has 0 aliphatic heterocycles. The highest BCUT2D eigenvalue weighted by atomic mass is 35.5. The Bertz CT molecular complexity index is 493. The Morgan fingerprint density at radius 1 is 1.12 bits per heavy atom. The molecule has 0 radical (unpaired) electrons. The van der Waals surface area contributed by atoms with Gasteiger partial charge in [-0.3, -0.25) is 0 Å². The molecule has 2 aromatic carbocycles. The molecular weight excluding hydrogens is 220 g/mol. The normalized spacial score (nSPS) is 12.9. The average Bonchev–Trinajstić information content (AvgIpc) is 2.28. The van der Waals surface area contributed by atoms with Crippen molar-refractivity contribution in [3.63, 3.8) is 0 Å². The summed E-state index contributed by atoms with van der Waals surface area (Å²) in [6.07, 6.45) is 1.43. The van der Waals surface area contributed by atoms with Gasteiger partial charge in [-0.2, -0.15) is 0 Å². The maximum Gasteiger partial charge on any atom is 0.0790 e. The number of aliphatic hydroxyl groups is 1.